The number of ether oxygens (including phenoxy) is 2. The summed E-state index contributed by atoms with van der Waals surface area (Å²) < 4.78 is 56.2. The maximum atomic E-state index is 13.8. The van der Waals surface area contributed by atoms with Crippen LogP contribution >= 0.6 is 0 Å². The van der Waals surface area contributed by atoms with Crippen molar-refractivity contribution in [2.45, 2.75) is 50.4 Å². The minimum atomic E-state index is -4.47. The lowest BCUT2D eigenvalue weighted by Gasteiger charge is -2.43. The van der Waals surface area contributed by atoms with Crippen molar-refractivity contribution in [2.24, 2.45) is 13.0 Å². The van der Waals surface area contributed by atoms with E-state index in [1.165, 1.54) is 0 Å². The van der Waals surface area contributed by atoms with Crippen LogP contribution < -0.4 is 15.4 Å². The van der Waals surface area contributed by atoms with Gasteiger partial charge in [-0.05, 0) is 68.9 Å². The van der Waals surface area contributed by atoms with Gasteiger partial charge < -0.3 is 19.4 Å². The molecule has 1 aromatic carbocycles. The van der Waals surface area contributed by atoms with E-state index in [-0.39, 0.29) is 17.6 Å². The molecule has 1 unspecified atom stereocenters. The van der Waals surface area contributed by atoms with Crippen LogP contribution in [-0.4, -0.2) is 61.8 Å². The predicted molar refractivity (Wildman–Crippen MR) is 149 cm³/mol. The van der Waals surface area contributed by atoms with Gasteiger partial charge in [0.1, 0.15) is 0 Å². The number of carbonyl (C=O) groups is 1. The molecule has 13 heteroatoms. The van der Waals surface area contributed by atoms with Crippen LogP contribution in [0.2, 0.25) is 0 Å². The van der Waals surface area contributed by atoms with E-state index in [1.807, 2.05) is 11.5 Å². The van der Waals surface area contributed by atoms with Gasteiger partial charge in [-0.2, -0.15) is 18.3 Å². The summed E-state index contributed by atoms with van der Waals surface area (Å²) in [4.78, 5) is 23.0. The van der Waals surface area contributed by atoms with Crippen LogP contribution in [0, 0.1) is 12.8 Å². The van der Waals surface area contributed by atoms with Gasteiger partial charge >= 0.3 is 6.18 Å². The number of hydrogen-bond donors (Lipinski definition) is 2. The predicted octanol–water partition coefficient (Wildman–Crippen LogP) is 5.26. The van der Waals surface area contributed by atoms with Crippen molar-refractivity contribution in [1.82, 2.24) is 24.3 Å². The van der Waals surface area contributed by atoms with Crippen molar-refractivity contribution >= 4 is 28.6 Å². The van der Waals surface area contributed by atoms with Crippen LogP contribution in [0.3, 0.4) is 0 Å². The highest BCUT2D eigenvalue weighted by Crippen LogP contribution is 2.46. The molecule has 2 fully saturated rings. The first-order valence-corrected chi connectivity index (χ1v) is 14.0. The van der Waals surface area contributed by atoms with E-state index < -0.39 is 24.9 Å². The molecule has 4 aromatic rings. The highest BCUT2D eigenvalue weighted by molar-refractivity contribution is 6.05. The van der Waals surface area contributed by atoms with Crippen LogP contribution in [0.5, 0.6) is 5.88 Å². The normalized spacial score (nSPS) is 20.5. The molecule has 0 radical (unpaired) electrons. The second-order valence-corrected chi connectivity index (χ2v) is 11.4. The molecule has 1 atom stereocenters. The molecular weight excluding hydrogens is 551 g/mol. The Labute approximate surface area is 239 Å². The van der Waals surface area contributed by atoms with Crippen molar-refractivity contribution in [1.29, 1.82) is 0 Å². The number of carbonyl (C=O) groups excluding carboxylic acids is 1. The smallest absolute Gasteiger partial charge is 0.415 e. The Kier molecular flexibility index (Phi) is 6.19. The second kappa shape index (κ2) is 9.72. The molecule has 3 aromatic heterocycles. The van der Waals surface area contributed by atoms with Crippen LogP contribution in [0.4, 0.5) is 24.8 Å². The summed E-state index contributed by atoms with van der Waals surface area (Å²) in [6.45, 7) is 1.36. The van der Waals surface area contributed by atoms with Crippen molar-refractivity contribution in [3.8, 4) is 17.1 Å². The van der Waals surface area contributed by atoms with Gasteiger partial charge in [0.05, 0.1) is 48.3 Å². The lowest BCUT2D eigenvalue weighted by molar-refractivity contribution is -0.245. The quantitative estimate of drug-likeness (QED) is 0.340. The van der Waals surface area contributed by atoms with Gasteiger partial charge in [0, 0.05) is 30.0 Å². The SMILES string of the molecule is Cc1cc2cc(n1)-c1cnn(C)c1OCCCC(C1CC1)n1c(nc3cc(NC4(C(F)(F)F)COC4)ccc31)NC2=O. The molecule has 2 aliphatic heterocycles. The van der Waals surface area contributed by atoms with E-state index in [2.05, 4.69) is 20.7 Å². The number of hydrogen-bond acceptors (Lipinski definition) is 7. The van der Waals surface area contributed by atoms with E-state index in [0.717, 1.165) is 31.2 Å². The third-order valence-electron chi connectivity index (χ3n) is 8.29. The zero-order chi connectivity index (χ0) is 29.2. The van der Waals surface area contributed by atoms with Gasteiger partial charge in [0.25, 0.3) is 5.91 Å². The van der Waals surface area contributed by atoms with Crippen molar-refractivity contribution < 1.29 is 27.4 Å². The number of rotatable bonds is 3. The molecule has 1 saturated carbocycles. The molecule has 220 valence electrons. The monoisotopic (exact) mass is 581 g/mol. The van der Waals surface area contributed by atoms with Crippen molar-refractivity contribution in [3.63, 3.8) is 0 Å². The highest BCUT2D eigenvalue weighted by atomic mass is 19.4. The van der Waals surface area contributed by atoms with E-state index in [9.17, 15) is 18.0 Å². The lowest BCUT2D eigenvalue weighted by atomic mass is 9.96. The Morgan fingerprint density at radius 1 is 1.12 bits per heavy atom. The maximum Gasteiger partial charge on any atom is 0.415 e. The fourth-order valence-corrected chi connectivity index (χ4v) is 5.89. The van der Waals surface area contributed by atoms with Gasteiger partial charge in [-0.1, -0.05) is 0 Å². The van der Waals surface area contributed by atoms with Gasteiger partial charge in [0.2, 0.25) is 11.8 Å². The summed E-state index contributed by atoms with van der Waals surface area (Å²) in [5.74, 6) is 0.975. The van der Waals surface area contributed by atoms with Gasteiger partial charge in [-0.3, -0.25) is 15.1 Å². The lowest BCUT2D eigenvalue weighted by Crippen LogP contribution is -2.65. The molecule has 0 spiro atoms. The summed E-state index contributed by atoms with van der Waals surface area (Å²) >= 11 is 0. The number of amides is 1. The third kappa shape index (κ3) is 4.55. The molecule has 2 N–H and O–H groups in total. The Morgan fingerprint density at radius 2 is 1.93 bits per heavy atom. The number of nitrogens with zero attached hydrogens (tertiary/aromatic N) is 5. The number of fused-ring (bicyclic) bond motifs is 7. The average Bonchev–Trinajstić information content (AvgIpc) is 3.60. The topological polar surface area (TPSA) is 108 Å². The van der Waals surface area contributed by atoms with E-state index >= 15 is 0 Å². The van der Waals surface area contributed by atoms with Crippen molar-refractivity contribution in [3.05, 3.63) is 47.8 Å². The average molecular weight is 582 g/mol. The van der Waals surface area contributed by atoms with Crippen LogP contribution in [0.25, 0.3) is 22.3 Å². The molecule has 5 heterocycles. The van der Waals surface area contributed by atoms with Gasteiger partial charge in [-0.25, -0.2) is 9.67 Å². The van der Waals surface area contributed by atoms with Crippen molar-refractivity contribution in [2.75, 3.05) is 30.5 Å². The molecule has 3 aliphatic rings. The number of aryl methyl sites for hydroxylation is 2. The Balaban J connectivity index is 1.31. The largest absolute Gasteiger partial charge is 0.477 e. The first-order chi connectivity index (χ1) is 20.1. The Bertz CT molecular complexity index is 1690. The molecule has 1 aliphatic carbocycles. The standard InChI is InChI=1S/C29H30F3N7O3/c1-16-10-18-11-21(34-16)20-13-33-38(2)26(20)42-9-3-4-23(17-5-6-17)39-24-8-7-19(12-22(24)35-27(39)36-25(18)40)37-28(14-41-15-28)29(30,31)32/h7-8,10-13,17,23,37H,3-6,9,14-15H2,1-2H3,(H,35,36,40). The minimum Gasteiger partial charge on any atom is -0.477 e. The molecule has 1 amide bonds. The molecule has 2 bridgehead atoms. The van der Waals surface area contributed by atoms with Gasteiger partial charge in [0.15, 0.2) is 5.54 Å². The number of alkyl halides is 3. The maximum absolute atomic E-state index is 13.8. The van der Waals surface area contributed by atoms with Crippen LogP contribution in [0.1, 0.15) is 47.8 Å². The molecule has 42 heavy (non-hydrogen) atoms. The van der Waals surface area contributed by atoms with E-state index in [1.54, 1.807) is 48.3 Å². The van der Waals surface area contributed by atoms with E-state index in [4.69, 9.17) is 14.5 Å². The molecule has 10 nitrogen and oxygen atoms in total. The summed E-state index contributed by atoms with van der Waals surface area (Å²) in [6.07, 6.45) is 0.804. The fourth-order valence-electron chi connectivity index (χ4n) is 5.89. The van der Waals surface area contributed by atoms with Crippen LogP contribution in [0.15, 0.2) is 36.5 Å². The highest BCUT2D eigenvalue weighted by Gasteiger charge is 2.60. The number of aromatic nitrogens is 5. The van der Waals surface area contributed by atoms with Gasteiger partial charge in [-0.15, -0.1) is 0 Å². The Morgan fingerprint density at radius 3 is 2.64 bits per heavy atom. The summed E-state index contributed by atoms with van der Waals surface area (Å²) in [6, 6.07) is 8.43. The Hall–Kier alpha value is -4.13. The van der Waals surface area contributed by atoms with Crippen LogP contribution in [-0.2, 0) is 11.8 Å². The number of anilines is 2. The number of benzene rings is 1. The summed E-state index contributed by atoms with van der Waals surface area (Å²) in [5, 5.41) is 10.0. The second-order valence-electron chi connectivity index (χ2n) is 11.4. The number of nitrogens with one attached hydrogen (secondary N) is 2. The molecule has 7 rings (SSSR count). The zero-order valence-corrected chi connectivity index (χ0v) is 23.2. The summed E-state index contributed by atoms with van der Waals surface area (Å²) in [5.41, 5.74) is 1.70. The first kappa shape index (κ1) is 26.7. The number of pyridine rings is 1. The molecular formula is C29H30F3N7O3. The number of halogens is 3. The summed E-state index contributed by atoms with van der Waals surface area (Å²) in [7, 11) is 1.81. The van der Waals surface area contributed by atoms with E-state index in [0.29, 0.717) is 52.4 Å². The first-order valence-electron chi connectivity index (χ1n) is 14.0. The third-order valence-corrected chi connectivity index (χ3v) is 8.29. The number of imidazole rings is 1. The fraction of sp³-hybridized carbons (Fsp3) is 0.448. The molecule has 1 saturated heterocycles. The minimum absolute atomic E-state index is 0.0259. The zero-order valence-electron chi connectivity index (χ0n) is 23.2.